The number of aryl methyl sites for hydroxylation is 1. The standard InChI is InChI=1S/C9H15N3O2/c1-6-3-4-8(14-6)9(13)7-5-10-11-12(7)2/h5-6,8-9,13H,3-4H2,1-2H3. The van der Waals surface area contributed by atoms with Gasteiger partial charge in [-0.15, -0.1) is 5.10 Å². The van der Waals surface area contributed by atoms with Gasteiger partial charge >= 0.3 is 0 Å². The SMILES string of the molecule is CC1CCC(C(O)c2cnnn2C)O1. The Bertz CT molecular complexity index is 313. The van der Waals surface area contributed by atoms with E-state index in [0.29, 0.717) is 5.69 Å². The van der Waals surface area contributed by atoms with E-state index in [1.807, 2.05) is 6.92 Å². The summed E-state index contributed by atoms with van der Waals surface area (Å²) >= 11 is 0. The van der Waals surface area contributed by atoms with Crippen LogP contribution in [0.15, 0.2) is 6.20 Å². The van der Waals surface area contributed by atoms with Crippen LogP contribution >= 0.6 is 0 Å². The zero-order valence-corrected chi connectivity index (χ0v) is 8.42. The van der Waals surface area contributed by atoms with Crippen molar-refractivity contribution in [1.82, 2.24) is 15.0 Å². The molecule has 3 unspecified atom stereocenters. The van der Waals surface area contributed by atoms with Gasteiger partial charge in [-0.3, -0.25) is 0 Å². The number of hydrogen-bond acceptors (Lipinski definition) is 4. The third-order valence-electron chi connectivity index (χ3n) is 2.67. The monoisotopic (exact) mass is 197 g/mol. The number of nitrogens with zero attached hydrogens (tertiary/aromatic N) is 3. The second kappa shape index (κ2) is 3.67. The van der Waals surface area contributed by atoms with Gasteiger partial charge in [-0.25, -0.2) is 4.68 Å². The molecule has 1 fully saturated rings. The smallest absolute Gasteiger partial charge is 0.123 e. The molecule has 3 atom stereocenters. The lowest BCUT2D eigenvalue weighted by atomic mass is 10.1. The van der Waals surface area contributed by atoms with Gasteiger partial charge in [-0.05, 0) is 19.8 Å². The van der Waals surface area contributed by atoms with Gasteiger partial charge in [0.25, 0.3) is 0 Å². The Morgan fingerprint density at radius 1 is 1.64 bits per heavy atom. The van der Waals surface area contributed by atoms with Crippen molar-refractivity contribution in [1.29, 1.82) is 0 Å². The maximum atomic E-state index is 9.98. The van der Waals surface area contributed by atoms with Gasteiger partial charge in [0.15, 0.2) is 0 Å². The summed E-state index contributed by atoms with van der Waals surface area (Å²) < 4.78 is 7.16. The van der Waals surface area contributed by atoms with Gasteiger partial charge < -0.3 is 9.84 Å². The van der Waals surface area contributed by atoms with Gasteiger partial charge in [0.05, 0.1) is 24.1 Å². The maximum Gasteiger partial charge on any atom is 0.123 e. The molecule has 78 valence electrons. The van der Waals surface area contributed by atoms with Gasteiger partial charge in [0.1, 0.15) is 6.10 Å². The molecule has 1 saturated heterocycles. The molecule has 0 spiro atoms. The van der Waals surface area contributed by atoms with Crippen LogP contribution in [0.1, 0.15) is 31.6 Å². The van der Waals surface area contributed by atoms with Crippen LogP contribution < -0.4 is 0 Å². The second-order valence-corrected chi connectivity index (χ2v) is 3.79. The van der Waals surface area contributed by atoms with E-state index < -0.39 is 6.10 Å². The summed E-state index contributed by atoms with van der Waals surface area (Å²) in [7, 11) is 1.77. The number of aromatic nitrogens is 3. The summed E-state index contributed by atoms with van der Waals surface area (Å²) in [6.07, 6.45) is 3.01. The first-order valence-electron chi connectivity index (χ1n) is 4.86. The van der Waals surface area contributed by atoms with E-state index in [1.54, 1.807) is 17.9 Å². The molecule has 5 nitrogen and oxygen atoms in total. The summed E-state index contributed by atoms with van der Waals surface area (Å²) in [5, 5.41) is 17.5. The molecule has 1 aliphatic heterocycles. The Hall–Kier alpha value is -0.940. The van der Waals surface area contributed by atoms with Crippen LogP contribution in [0.4, 0.5) is 0 Å². The summed E-state index contributed by atoms with van der Waals surface area (Å²) in [5.41, 5.74) is 0.712. The van der Waals surface area contributed by atoms with E-state index in [1.165, 1.54) is 0 Å². The number of ether oxygens (including phenoxy) is 1. The fraction of sp³-hybridized carbons (Fsp3) is 0.778. The van der Waals surface area contributed by atoms with Crippen molar-refractivity contribution in [2.45, 2.75) is 38.1 Å². The Kier molecular flexibility index (Phi) is 2.52. The molecule has 1 aromatic heterocycles. The highest BCUT2D eigenvalue weighted by Crippen LogP contribution is 2.29. The zero-order chi connectivity index (χ0) is 10.1. The summed E-state index contributed by atoms with van der Waals surface area (Å²) in [6.45, 7) is 2.02. The Morgan fingerprint density at radius 3 is 2.93 bits per heavy atom. The minimum Gasteiger partial charge on any atom is -0.384 e. The average molecular weight is 197 g/mol. The molecule has 1 N–H and O–H groups in total. The topological polar surface area (TPSA) is 60.2 Å². The second-order valence-electron chi connectivity index (χ2n) is 3.79. The largest absolute Gasteiger partial charge is 0.384 e. The fourth-order valence-electron chi connectivity index (χ4n) is 1.82. The minimum absolute atomic E-state index is 0.109. The van der Waals surface area contributed by atoms with E-state index >= 15 is 0 Å². The van der Waals surface area contributed by atoms with Crippen molar-refractivity contribution < 1.29 is 9.84 Å². The van der Waals surface area contributed by atoms with Crippen molar-refractivity contribution >= 4 is 0 Å². The van der Waals surface area contributed by atoms with E-state index in [9.17, 15) is 5.11 Å². The molecule has 0 aliphatic carbocycles. The first-order valence-corrected chi connectivity index (χ1v) is 4.86. The Labute approximate surface area is 82.7 Å². The predicted molar refractivity (Wildman–Crippen MR) is 49.5 cm³/mol. The summed E-state index contributed by atoms with van der Waals surface area (Å²) in [6, 6.07) is 0. The molecule has 2 rings (SSSR count). The molecule has 0 aromatic carbocycles. The van der Waals surface area contributed by atoms with Crippen LogP contribution in [-0.2, 0) is 11.8 Å². The van der Waals surface area contributed by atoms with E-state index in [-0.39, 0.29) is 12.2 Å². The average Bonchev–Trinajstić information content (AvgIpc) is 2.73. The van der Waals surface area contributed by atoms with Crippen molar-refractivity contribution in [3.63, 3.8) is 0 Å². The molecule has 1 aliphatic rings. The molecule has 2 heterocycles. The van der Waals surface area contributed by atoms with Crippen LogP contribution in [-0.4, -0.2) is 32.3 Å². The van der Waals surface area contributed by atoms with Crippen LogP contribution in [0.25, 0.3) is 0 Å². The summed E-state index contributed by atoms with van der Waals surface area (Å²) in [4.78, 5) is 0. The van der Waals surface area contributed by atoms with Crippen LogP contribution in [0.5, 0.6) is 0 Å². The van der Waals surface area contributed by atoms with E-state index in [0.717, 1.165) is 12.8 Å². The van der Waals surface area contributed by atoms with Crippen LogP contribution in [0.2, 0.25) is 0 Å². The van der Waals surface area contributed by atoms with Gasteiger partial charge in [-0.2, -0.15) is 0 Å². The lowest BCUT2D eigenvalue weighted by molar-refractivity contribution is -0.0328. The number of rotatable bonds is 2. The van der Waals surface area contributed by atoms with Gasteiger partial charge in [-0.1, -0.05) is 5.21 Å². The zero-order valence-electron chi connectivity index (χ0n) is 8.42. The third kappa shape index (κ3) is 1.65. The van der Waals surface area contributed by atoms with Crippen molar-refractivity contribution in [2.75, 3.05) is 0 Å². The highest BCUT2D eigenvalue weighted by atomic mass is 16.5. The van der Waals surface area contributed by atoms with Crippen molar-refractivity contribution in [3.05, 3.63) is 11.9 Å². The highest BCUT2D eigenvalue weighted by molar-refractivity contribution is 5.02. The summed E-state index contributed by atoms with van der Waals surface area (Å²) in [5.74, 6) is 0. The number of aliphatic hydroxyl groups is 1. The minimum atomic E-state index is -0.611. The van der Waals surface area contributed by atoms with Crippen molar-refractivity contribution in [2.24, 2.45) is 7.05 Å². The van der Waals surface area contributed by atoms with E-state index in [2.05, 4.69) is 10.3 Å². The first kappa shape index (κ1) is 9.61. The van der Waals surface area contributed by atoms with E-state index in [4.69, 9.17) is 4.74 Å². The normalized spacial score (nSPS) is 29.4. The quantitative estimate of drug-likeness (QED) is 0.746. The van der Waals surface area contributed by atoms with Crippen molar-refractivity contribution in [3.8, 4) is 0 Å². The molecular formula is C9H15N3O2. The lowest BCUT2D eigenvalue weighted by Gasteiger charge is -2.17. The molecular weight excluding hydrogens is 182 g/mol. The van der Waals surface area contributed by atoms with Gasteiger partial charge in [0, 0.05) is 7.05 Å². The number of hydrogen-bond donors (Lipinski definition) is 1. The fourth-order valence-corrected chi connectivity index (χ4v) is 1.82. The first-order chi connectivity index (χ1) is 6.68. The third-order valence-corrected chi connectivity index (χ3v) is 2.67. The molecule has 5 heteroatoms. The van der Waals surface area contributed by atoms with Crippen LogP contribution in [0.3, 0.4) is 0 Å². The highest BCUT2D eigenvalue weighted by Gasteiger charge is 2.30. The molecule has 0 bridgehead atoms. The number of aliphatic hydroxyl groups excluding tert-OH is 1. The molecule has 0 saturated carbocycles. The predicted octanol–water partition coefficient (Wildman–Crippen LogP) is 0.416. The molecule has 0 radical (unpaired) electrons. The lowest BCUT2D eigenvalue weighted by Crippen LogP contribution is -2.20. The molecule has 14 heavy (non-hydrogen) atoms. The maximum absolute atomic E-state index is 9.98. The Morgan fingerprint density at radius 2 is 2.43 bits per heavy atom. The molecule has 0 amide bonds. The van der Waals surface area contributed by atoms with Gasteiger partial charge in [0.2, 0.25) is 0 Å². The van der Waals surface area contributed by atoms with Crippen LogP contribution in [0, 0.1) is 0 Å². The molecule has 1 aromatic rings. The Balaban J connectivity index is 2.09.